The molecule has 14 heteroatoms. The lowest BCUT2D eigenvalue weighted by Crippen LogP contribution is -2.51. The van der Waals surface area contributed by atoms with Crippen LogP contribution in [-0.4, -0.2) is 104 Å². The molecular weight excluding hydrogens is 575 g/mol. The van der Waals surface area contributed by atoms with E-state index in [1.165, 1.54) is 7.11 Å². The molecule has 5 aliphatic rings. The maximum atomic E-state index is 14.2. The number of sulfonamides is 1. The van der Waals surface area contributed by atoms with Crippen molar-refractivity contribution in [1.82, 2.24) is 25.0 Å². The third kappa shape index (κ3) is 6.86. The molecule has 2 amide bonds. The van der Waals surface area contributed by atoms with E-state index in [0.717, 1.165) is 32.1 Å². The molecule has 0 radical (unpaired) electrons. The summed E-state index contributed by atoms with van der Waals surface area (Å²) < 4.78 is 75.6. The van der Waals surface area contributed by atoms with Gasteiger partial charge in [-0.05, 0) is 76.0 Å². The fourth-order valence-electron chi connectivity index (χ4n) is 8.06. The first-order chi connectivity index (χ1) is 20.0. The molecule has 4 unspecified atom stereocenters. The zero-order chi connectivity index (χ0) is 30.1. The fourth-order valence-corrected chi connectivity index (χ4v) is 10.1. The van der Waals surface area contributed by atoms with Crippen LogP contribution >= 0.6 is 0 Å². The van der Waals surface area contributed by atoms with Crippen molar-refractivity contribution in [2.45, 2.75) is 107 Å². The topological polar surface area (TPSA) is 111 Å². The average molecular weight is 622 g/mol. The second-order valence-corrected chi connectivity index (χ2v) is 15.1. The van der Waals surface area contributed by atoms with Crippen molar-refractivity contribution in [1.29, 1.82) is 0 Å². The normalized spacial score (nSPS) is 34.4. The van der Waals surface area contributed by atoms with E-state index in [1.807, 2.05) is 0 Å². The molecule has 1 aliphatic carbocycles. The van der Waals surface area contributed by atoms with E-state index in [1.54, 1.807) is 14.2 Å². The number of rotatable bonds is 5. The molecule has 0 spiro atoms. The zero-order valence-corrected chi connectivity index (χ0v) is 25.3. The van der Waals surface area contributed by atoms with E-state index in [4.69, 9.17) is 0 Å². The van der Waals surface area contributed by atoms with Crippen LogP contribution in [0.25, 0.3) is 0 Å². The van der Waals surface area contributed by atoms with Crippen molar-refractivity contribution in [3.63, 3.8) is 0 Å². The predicted molar refractivity (Wildman–Crippen MR) is 150 cm³/mol. The number of hydrogen-bond acceptors (Lipinski definition) is 7. The number of carbonyl (C=O) groups excluding carboxylic acids is 2. The number of hydrazine groups is 1. The van der Waals surface area contributed by atoms with Gasteiger partial charge in [0.15, 0.2) is 0 Å². The predicted octanol–water partition coefficient (Wildman–Crippen LogP) is 3.24. The van der Waals surface area contributed by atoms with Crippen LogP contribution in [0.5, 0.6) is 0 Å². The van der Waals surface area contributed by atoms with Crippen LogP contribution in [0.1, 0.15) is 77.0 Å². The Hall–Kier alpha value is -1.64. The van der Waals surface area contributed by atoms with E-state index < -0.39 is 45.5 Å². The Balaban J connectivity index is 1.18. The Kier molecular flexibility index (Phi) is 9.95. The van der Waals surface area contributed by atoms with Gasteiger partial charge in [0, 0.05) is 44.8 Å². The fraction of sp³-hybridized carbons (Fsp3) is 0.929. The second-order valence-electron chi connectivity index (χ2n) is 12.8. The zero-order valence-electron chi connectivity index (χ0n) is 24.5. The number of nitrogens with one attached hydrogen (secondary N) is 2. The third-order valence-corrected chi connectivity index (χ3v) is 12.8. The minimum Gasteiger partial charge on any atom is -0.453 e. The van der Waals surface area contributed by atoms with Crippen molar-refractivity contribution in [3.8, 4) is 0 Å². The monoisotopic (exact) mass is 621 g/mol. The van der Waals surface area contributed by atoms with Gasteiger partial charge < -0.3 is 15.0 Å². The van der Waals surface area contributed by atoms with Crippen LogP contribution < -0.4 is 10.7 Å². The SMILES string of the molecule is COC(=O)NC1CCC(S(=O)(=O)N2CCC(C3CCN4NC(C(F)(F)F)C(C(=O)N5CCCCCC5)C4C3)CC2)CC1. The number of alkyl halides is 3. The van der Waals surface area contributed by atoms with Gasteiger partial charge in [0.05, 0.1) is 18.3 Å². The van der Waals surface area contributed by atoms with Gasteiger partial charge in [-0.1, -0.05) is 12.8 Å². The summed E-state index contributed by atoms with van der Waals surface area (Å²) in [6.45, 7) is 2.32. The largest absolute Gasteiger partial charge is 0.453 e. The lowest BCUT2D eigenvalue weighted by molar-refractivity contribution is -0.172. The minimum atomic E-state index is -4.52. The number of amides is 2. The highest BCUT2D eigenvalue weighted by Crippen LogP contribution is 2.44. The van der Waals surface area contributed by atoms with E-state index in [-0.39, 0.29) is 23.8 Å². The molecule has 4 atom stereocenters. The van der Waals surface area contributed by atoms with Gasteiger partial charge in [0.25, 0.3) is 0 Å². The number of ether oxygens (including phenoxy) is 1. The highest BCUT2D eigenvalue weighted by molar-refractivity contribution is 7.89. The summed E-state index contributed by atoms with van der Waals surface area (Å²) in [5.41, 5.74) is 2.67. The molecule has 240 valence electrons. The quantitative estimate of drug-likeness (QED) is 0.485. The third-order valence-electron chi connectivity index (χ3n) is 10.4. The Morgan fingerprint density at radius 2 is 1.48 bits per heavy atom. The maximum Gasteiger partial charge on any atom is 0.407 e. The van der Waals surface area contributed by atoms with Crippen LogP contribution in [0.4, 0.5) is 18.0 Å². The van der Waals surface area contributed by atoms with Crippen LogP contribution in [-0.2, 0) is 19.6 Å². The summed E-state index contributed by atoms with van der Waals surface area (Å²) in [4.78, 5) is 26.7. The van der Waals surface area contributed by atoms with Crippen LogP contribution in [0, 0.1) is 17.8 Å². The van der Waals surface area contributed by atoms with Crippen LogP contribution in [0.3, 0.4) is 0 Å². The molecular formula is C28H46F3N5O5S. The number of likely N-dealkylation sites (tertiary alicyclic amines) is 1. The summed E-state index contributed by atoms with van der Waals surface area (Å²) in [7, 11) is -2.17. The highest BCUT2D eigenvalue weighted by Gasteiger charge is 2.59. The lowest BCUT2D eigenvalue weighted by atomic mass is 9.74. The molecule has 0 bridgehead atoms. The van der Waals surface area contributed by atoms with Crippen molar-refractivity contribution >= 4 is 22.0 Å². The number of hydrogen-bond donors (Lipinski definition) is 2. The number of alkyl carbamates (subject to hydrolysis) is 1. The molecule has 42 heavy (non-hydrogen) atoms. The minimum absolute atomic E-state index is 0.0856. The van der Waals surface area contributed by atoms with Gasteiger partial charge in [-0.3, -0.25) is 4.79 Å². The number of piperidine rings is 2. The Bertz CT molecular complexity index is 1050. The van der Waals surface area contributed by atoms with E-state index in [9.17, 15) is 31.2 Å². The van der Waals surface area contributed by atoms with E-state index >= 15 is 0 Å². The molecule has 4 aliphatic heterocycles. The summed E-state index contributed by atoms with van der Waals surface area (Å²) in [5, 5.41) is 3.95. The average Bonchev–Trinajstić information content (AvgIpc) is 3.16. The van der Waals surface area contributed by atoms with Gasteiger partial charge in [-0.2, -0.15) is 13.2 Å². The van der Waals surface area contributed by atoms with Crippen molar-refractivity contribution < 1.29 is 35.9 Å². The first-order valence-corrected chi connectivity index (χ1v) is 17.2. The smallest absolute Gasteiger partial charge is 0.407 e. The number of nitrogens with zero attached hydrogens (tertiary/aromatic N) is 3. The number of carbonyl (C=O) groups is 2. The standard InChI is InChI=1S/C28H46F3N5O5S/c1-41-27(38)32-21-6-8-22(9-7-21)42(39,40)35-15-10-19(11-16-35)20-12-17-36-23(18-20)24(25(33-36)28(29,30)31)26(37)34-13-4-2-3-5-14-34/h19-25,33H,2-18H2,1H3,(H,32,38). The molecule has 5 fully saturated rings. The molecule has 4 saturated heterocycles. The van der Waals surface area contributed by atoms with E-state index in [2.05, 4.69) is 15.5 Å². The van der Waals surface area contributed by atoms with Crippen molar-refractivity contribution in [2.75, 3.05) is 39.8 Å². The first kappa shape index (κ1) is 31.8. The van der Waals surface area contributed by atoms with Gasteiger partial charge >= 0.3 is 12.3 Å². The van der Waals surface area contributed by atoms with Crippen molar-refractivity contribution in [3.05, 3.63) is 0 Å². The number of halogens is 3. The van der Waals surface area contributed by atoms with Gasteiger partial charge in [-0.15, -0.1) is 0 Å². The number of methoxy groups -OCH3 is 1. The molecule has 5 rings (SSSR count). The summed E-state index contributed by atoms with van der Waals surface area (Å²) >= 11 is 0. The number of fused-ring (bicyclic) bond motifs is 1. The molecule has 4 heterocycles. The highest BCUT2D eigenvalue weighted by atomic mass is 32.2. The maximum absolute atomic E-state index is 14.2. The van der Waals surface area contributed by atoms with Gasteiger partial charge in [0.2, 0.25) is 15.9 Å². The van der Waals surface area contributed by atoms with E-state index in [0.29, 0.717) is 77.7 Å². The van der Waals surface area contributed by atoms with Gasteiger partial charge in [-0.25, -0.2) is 28.0 Å². The Morgan fingerprint density at radius 1 is 0.857 bits per heavy atom. The second kappa shape index (κ2) is 13.2. The summed E-state index contributed by atoms with van der Waals surface area (Å²) in [6, 6.07) is -2.47. The molecule has 0 aromatic rings. The lowest BCUT2D eigenvalue weighted by Gasteiger charge is -2.43. The first-order valence-electron chi connectivity index (χ1n) is 15.7. The summed E-state index contributed by atoms with van der Waals surface area (Å²) in [6.07, 6.45) is 3.35. The molecule has 2 N–H and O–H groups in total. The molecule has 0 aromatic heterocycles. The van der Waals surface area contributed by atoms with Crippen LogP contribution in [0.15, 0.2) is 0 Å². The molecule has 1 saturated carbocycles. The Labute approximate surface area is 247 Å². The summed E-state index contributed by atoms with van der Waals surface area (Å²) in [5.74, 6) is -1.16. The Morgan fingerprint density at radius 3 is 2.07 bits per heavy atom. The van der Waals surface area contributed by atoms with Crippen molar-refractivity contribution in [2.24, 2.45) is 17.8 Å². The van der Waals surface area contributed by atoms with Crippen LogP contribution in [0.2, 0.25) is 0 Å². The molecule has 0 aromatic carbocycles. The van der Waals surface area contributed by atoms with Gasteiger partial charge in [0.1, 0.15) is 6.04 Å². The molecule has 10 nitrogen and oxygen atoms in total.